The predicted octanol–water partition coefficient (Wildman–Crippen LogP) is 0.551. The van der Waals surface area contributed by atoms with Gasteiger partial charge in [-0.05, 0) is 12.8 Å². The van der Waals surface area contributed by atoms with E-state index < -0.39 is 12.5 Å². The van der Waals surface area contributed by atoms with E-state index in [2.05, 4.69) is 5.10 Å². The van der Waals surface area contributed by atoms with Crippen LogP contribution >= 0.6 is 11.6 Å². The van der Waals surface area contributed by atoms with Gasteiger partial charge in [0, 0.05) is 18.7 Å². The van der Waals surface area contributed by atoms with Crippen LogP contribution in [0.1, 0.15) is 12.8 Å². The average molecular weight is 263 g/mol. The zero-order valence-electron chi connectivity index (χ0n) is 9.34. The van der Waals surface area contributed by atoms with E-state index >= 15 is 0 Å². The molecule has 7 heteroatoms. The third-order valence-electron chi connectivity index (χ3n) is 2.24. The molecule has 0 aromatic carbocycles. The molecule has 17 heavy (non-hydrogen) atoms. The van der Waals surface area contributed by atoms with Gasteiger partial charge in [0.05, 0.1) is 12.5 Å². The summed E-state index contributed by atoms with van der Waals surface area (Å²) in [5.41, 5.74) is 0. The van der Waals surface area contributed by atoms with E-state index in [9.17, 15) is 9.59 Å². The summed E-state index contributed by atoms with van der Waals surface area (Å²) in [5.74, 6) is -1.22. The molecule has 0 aliphatic carbocycles. The van der Waals surface area contributed by atoms with Crippen molar-refractivity contribution >= 4 is 29.7 Å². The lowest BCUT2D eigenvalue weighted by molar-refractivity contribution is -0.147. The van der Waals surface area contributed by atoms with Crippen LogP contribution in [-0.2, 0) is 14.3 Å². The first-order chi connectivity index (χ1) is 8.15. The Labute approximate surface area is 104 Å². The molecule has 1 N–H and O–H groups in total. The van der Waals surface area contributed by atoms with Crippen molar-refractivity contribution in [1.29, 1.82) is 0 Å². The van der Waals surface area contributed by atoms with Crippen molar-refractivity contribution < 1.29 is 19.4 Å². The summed E-state index contributed by atoms with van der Waals surface area (Å²) in [7, 11) is 0. The Morgan fingerprint density at radius 1 is 1.71 bits per heavy atom. The average Bonchev–Trinajstić information content (AvgIpc) is 2.28. The van der Waals surface area contributed by atoms with Gasteiger partial charge in [0.25, 0.3) is 0 Å². The van der Waals surface area contributed by atoms with Crippen LogP contribution in [0.15, 0.2) is 5.10 Å². The summed E-state index contributed by atoms with van der Waals surface area (Å²) < 4.78 is 5.30. The second-order valence-corrected chi connectivity index (χ2v) is 4.02. The first-order valence-corrected chi connectivity index (χ1v) is 5.88. The molecule has 0 saturated heterocycles. The quantitative estimate of drug-likeness (QED) is 0.537. The minimum Gasteiger partial charge on any atom is -0.480 e. The minimum absolute atomic E-state index is 0.276. The number of carbonyl (C=O) groups excluding carboxylic acids is 1. The molecule has 0 spiro atoms. The van der Waals surface area contributed by atoms with Crippen LogP contribution in [0.4, 0.5) is 0 Å². The molecular weight excluding hydrogens is 248 g/mol. The number of nitrogens with zero attached hydrogens (tertiary/aromatic N) is 2. The summed E-state index contributed by atoms with van der Waals surface area (Å²) >= 11 is 5.49. The maximum absolute atomic E-state index is 11.8. The Balaban J connectivity index is 2.39. The summed E-state index contributed by atoms with van der Waals surface area (Å²) in [4.78, 5) is 22.3. The Bertz CT molecular complexity index is 309. The number of carboxylic acid groups (broad SMARTS) is 1. The SMILES string of the molecule is O=C(O)CN1N=CCC(COCCCCl)C1=O. The zero-order valence-corrected chi connectivity index (χ0v) is 10.1. The minimum atomic E-state index is -1.08. The molecule has 0 bridgehead atoms. The van der Waals surface area contributed by atoms with Crippen molar-refractivity contribution in [3.63, 3.8) is 0 Å². The fraction of sp³-hybridized carbons (Fsp3) is 0.700. The number of hydrogen-bond acceptors (Lipinski definition) is 4. The van der Waals surface area contributed by atoms with Crippen LogP contribution in [0.3, 0.4) is 0 Å². The maximum Gasteiger partial charge on any atom is 0.325 e. The van der Waals surface area contributed by atoms with Gasteiger partial charge in [0.1, 0.15) is 6.54 Å². The van der Waals surface area contributed by atoms with Crippen LogP contribution in [0.2, 0.25) is 0 Å². The standard InChI is InChI=1S/C10H15ClN2O4/c11-3-1-5-17-7-8-2-4-12-13(10(8)16)6-9(14)15/h4,8H,1-3,5-7H2,(H,14,15). The van der Waals surface area contributed by atoms with E-state index in [1.165, 1.54) is 0 Å². The monoisotopic (exact) mass is 262 g/mol. The highest BCUT2D eigenvalue weighted by Gasteiger charge is 2.28. The van der Waals surface area contributed by atoms with Crippen molar-refractivity contribution in [2.45, 2.75) is 12.8 Å². The van der Waals surface area contributed by atoms with Gasteiger partial charge in [0.2, 0.25) is 5.91 Å². The van der Waals surface area contributed by atoms with Gasteiger partial charge in [-0.3, -0.25) is 9.59 Å². The lowest BCUT2D eigenvalue weighted by atomic mass is 10.1. The third kappa shape index (κ3) is 4.70. The van der Waals surface area contributed by atoms with E-state index in [0.717, 1.165) is 11.4 Å². The van der Waals surface area contributed by atoms with Crippen LogP contribution in [-0.4, -0.2) is 53.8 Å². The normalized spacial score (nSPS) is 19.7. The van der Waals surface area contributed by atoms with Crippen molar-refractivity contribution in [1.82, 2.24) is 5.01 Å². The first kappa shape index (κ1) is 13.9. The lowest BCUT2D eigenvalue weighted by Crippen LogP contribution is -2.40. The fourth-order valence-electron chi connectivity index (χ4n) is 1.41. The smallest absolute Gasteiger partial charge is 0.325 e. The molecule has 0 saturated carbocycles. The molecule has 1 heterocycles. The van der Waals surface area contributed by atoms with E-state index in [-0.39, 0.29) is 18.4 Å². The number of alkyl halides is 1. The molecule has 0 fully saturated rings. The highest BCUT2D eigenvalue weighted by atomic mass is 35.5. The van der Waals surface area contributed by atoms with Crippen LogP contribution in [0.5, 0.6) is 0 Å². The van der Waals surface area contributed by atoms with Crippen LogP contribution in [0, 0.1) is 5.92 Å². The maximum atomic E-state index is 11.8. The van der Waals surface area contributed by atoms with E-state index in [1.807, 2.05) is 0 Å². The summed E-state index contributed by atoms with van der Waals surface area (Å²) in [6, 6.07) is 0. The van der Waals surface area contributed by atoms with E-state index in [4.69, 9.17) is 21.4 Å². The number of hydrogen-bond donors (Lipinski definition) is 1. The van der Waals surface area contributed by atoms with Gasteiger partial charge in [-0.25, -0.2) is 5.01 Å². The Hall–Kier alpha value is -1.14. The second-order valence-electron chi connectivity index (χ2n) is 3.64. The topological polar surface area (TPSA) is 79.2 Å². The Kier molecular flexibility index (Phi) is 5.93. The summed E-state index contributed by atoms with van der Waals surface area (Å²) in [6.45, 7) is 0.370. The molecule has 1 rings (SSSR count). The van der Waals surface area contributed by atoms with Gasteiger partial charge < -0.3 is 9.84 Å². The molecule has 0 radical (unpaired) electrons. The molecule has 1 aliphatic heterocycles. The number of rotatable bonds is 7. The molecule has 1 amide bonds. The molecule has 0 aromatic heterocycles. The number of carboxylic acids is 1. The van der Waals surface area contributed by atoms with Crippen molar-refractivity contribution in [2.24, 2.45) is 11.0 Å². The molecule has 6 nitrogen and oxygen atoms in total. The molecule has 1 aliphatic rings. The van der Waals surface area contributed by atoms with Gasteiger partial charge in [-0.2, -0.15) is 5.10 Å². The summed E-state index contributed by atoms with van der Waals surface area (Å²) in [6.07, 6.45) is 2.76. The Morgan fingerprint density at radius 3 is 3.12 bits per heavy atom. The third-order valence-corrected chi connectivity index (χ3v) is 2.51. The number of hydrazone groups is 1. The molecule has 96 valence electrons. The highest BCUT2D eigenvalue weighted by Crippen LogP contribution is 2.13. The number of aliphatic carboxylic acids is 1. The molecule has 1 unspecified atom stereocenters. The van der Waals surface area contributed by atoms with E-state index in [1.54, 1.807) is 6.21 Å². The van der Waals surface area contributed by atoms with E-state index in [0.29, 0.717) is 18.9 Å². The van der Waals surface area contributed by atoms with Gasteiger partial charge in [0.15, 0.2) is 0 Å². The molecule has 0 aromatic rings. The fourth-order valence-corrected chi connectivity index (χ4v) is 1.52. The highest BCUT2D eigenvalue weighted by molar-refractivity contribution is 6.17. The molecule has 1 atom stereocenters. The molecular formula is C10H15ClN2O4. The number of halogens is 1. The van der Waals surface area contributed by atoms with Crippen molar-refractivity contribution in [3.8, 4) is 0 Å². The zero-order chi connectivity index (χ0) is 12.7. The first-order valence-electron chi connectivity index (χ1n) is 5.34. The Morgan fingerprint density at radius 2 is 2.47 bits per heavy atom. The van der Waals surface area contributed by atoms with Gasteiger partial charge in [-0.15, -0.1) is 11.6 Å². The van der Waals surface area contributed by atoms with Crippen molar-refractivity contribution in [3.05, 3.63) is 0 Å². The van der Waals surface area contributed by atoms with Crippen LogP contribution < -0.4 is 0 Å². The number of amides is 1. The van der Waals surface area contributed by atoms with Gasteiger partial charge >= 0.3 is 5.97 Å². The lowest BCUT2D eigenvalue weighted by Gasteiger charge is -2.24. The summed E-state index contributed by atoms with van der Waals surface area (Å²) in [5, 5.41) is 13.3. The number of ether oxygens (including phenoxy) is 1. The van der Waals surface area contributed by atoms with Crippen LogP contribution in [0.25, 0.3) is 0 Å². The van der Waals surface area contributed by atoms with Crippen molar-refractivity contribution in [2.75, 3.05) is 25.6 Å². The second kappa shape index (κ2) is 7.24. The number of carbonyl (C=O) groups is 2. The largest absolute Gasteiger partial charge is 0.480 e. The van der Waals surface area contributed by atoms with Gasteiger partial charge in [-0.1, -0.05) is 0 Å². The predicted molar refractivity (Wildman–Crippen MR) is 62.1 cm³/mol.